The Labute approximate surface area is 93.0 Å². The van der Waals surface area contributed by atoms with E-state index in [4.69, 9.17) is 10.8 Å². The Bertz CT molecular complexity index is 260. The number of carboxylic acids is 1. The predicted molar refractivity (Wildman–Crippen MR) is 58.5 cm³/mol. The molecule has 0 aromatic heterocycles. The summed E-state index contributed by atoms with van der Waals surface area (Å²) >= 11 is 1.47. The molecule has 0 aliphatic carbocycles. The molecule has 2 atom stereocenters. The third-order valence-corrected chi connectivity index (χ3v) is 3.46. The van der Waals surface area contributed by atoms with E-state index in [-0.39, 0.29) is 18.4 Å². The van der Waals surface area contributed by atoms with Gasteiger partial charge >= 0.3 is 5.97 Å². The second kappa shape index (κ2) is 5.37. The number of carbonyl (C=O) groups is 2. The molecule has 0 bridgehead atoms. The van der Waals surface area contributed by atoms with Crippen molar-refractivity contribution in [2.75, 3.05) is 11.6 Å². The molecule has 0 saturated carbocycles. The zero-order chi connectivity index (χ0) is 11.4. The molecular weight excluding hydrogens is 216 g/mol. The summed E-state index contributed by atoms with van der Waals surface area (Å²) in [6.45, 7) is 1.91. The van der Waals surface area contributed by atoms with Gasteiger partial charge in [0.05, 0.1) is 5.88 Å². The maximum Gasteiger partial charge on any atom is 0.327 e. The highest BCUT2D eigenvalue weighted by Crippen LogP contribution is 2.22. The highest BCUT2D eigenvalue weighted by molar-refractivity contribution is 7.99. The lowest BCUT2D eigenvalue weighted by atomic mass is 10.1. The fourth-order valence-corrected chi connectivity index (χ4v) is 2.55. The lowest BCUT2D eigenvalue weighted by Crippen LogP contribution is -2.43. The van der Waals surface area contributed by atoms with Gasteiger partial charge in [0.15, 0.2) is 0 Å². The summed E-state index contributed by atoms with van der Waals surface area (Å²) in [6.07, 6.45) is 0.964. The number of carboxylic acid groups (broad SMARTS) is 1. The Hall–Kier alpha value is -0.750. The third kappa shape index (κ3) is 3.10. The monoisotopic (exact) mass is 232 g/mol. The average Bonchev–Trinajstić information content (AvgIpc) is 2.65. The maximum atomic E-state index is 11.7. The van der Waals surface area contributed by atoms with E-state index in [1.165, 1.54) is 16.7 Å². The van der Waals surface area contributed by atoms with Crippen LogP contribution in [0.3, 0.4) is 0 Å². The second-order valence-corrected chi connectivity index (χ2v) is 4.59. The number of nitrogens with two attached hydrogens (primary N) is 1. The molecule has 0 radical (unpaired) electrons. The van der Waals surface area contributed by atoms with Gasteiger partial charge in [-0.1, -0.05) is 6.92 Å². The fraction of sp³-hybridized carbons (Fsp3) is 0.778. The van der Waals surface area contributed by atoms with Crippen LogP contribution < -0.4 is 5.73 Å². The maximum absolute atomic E-state index is 11.7. The summed E-state index contributed by atoms with van der Waals surface area (Å²) in [5.74, 6) is -0.144. The fourth-order valence-electron chi connectivity index (χ4n) is 1.38. The lowest BCUT2D eigenvalue weighted by molar-refractivity contribution is -0.147. The van der Waals surface area contributed by atoms with Crippen molar-refractivity contribution in [1.29, 1.82) is 0 Å². The van der Waals surface area contributed by atoms with Crippen LogP contribution in [0.1, 0.15) is 19.8 Å². The molecule has 86 valence electrons. The number of thioether (sulfide) groups is 1. The highest BCUT2D eigenvalue weighted by Gasteiger charge is 2.34. The molecule has 1 aliphatic heterocycles. The van der Waals surface area contributed by atoms with Crippen molar-refractivity contribution in [3.8, 4) is 0 Å². The minimum atomic E-state index is -0.932. The molecule has 5 nitrogen and oxygen atoms in total. The van der Waals surface area contributed by atoms with Gasteiger partial charge in [0.25, 0.3) is 0 Å². The molecule has 1 heterocycles. The molecule has 1 unspecified atom stereocenters. The molecule has 6 heteroatoms. The van der Waals surface area contributed by atoms with Crippen molar-refractivity contribution in [1.82, 2.24) is 4.90 Å². The minimum Gasteiger partial charge on any atom is -0.480 e. The number of amides is 1. The molecule has 1 aliphatic rings. The third-order valence-electron chi connectivity index (χ3n) is 2.45. The summed E-state index contributed by atoms with van der Waals surface area (Å²) in [7, 11) is 0. The van der Waals surface area contributed by atoms with Crippen LogP contribution >= 0.6 is 11.8 Å². The molecule has 0 aromatic rings. The largest absolute Gasteiger partial charge is 0.480 e. The number of aliphatic carboxylic acids is 1. The summed E-state index contributed by atoms with van der Waals surface area (Å²) in [5.41, 5.74) is 5.66. The van der Waals surface area contributed by atoms with Crippen molar-refractivity contribution in [3.05, 3.63) is 0 Å². The first-order valence-electron chi connectivity index (χ1n) is 4.91. The Kier molecular flexibility index (Phi) is 4.41. The Balaban J connectivity index is 2.55. The molecule has 3 N–H and O–H groups in total. The molecule has 0 spiro atoms. The zero-order valence-corrected chi connectivity index (χ0v) is 9.50. The van der Waals surface area contributed by atoms with Crippen molar-refractivity contribution >= 4 is 23.6 Å². The average molecular weight is 232 g/mol. The topological polar surface area (TPSA) is 83.6 Å². The highest BCUT2D eigenvalue weighted by atomic mass is 32.2. The van der Waals surface area contributed by atoms with Gasteiger partial charge in [-0.25, -0.2) is 4.79 Å². The summed E-state index contributed by atoms with van der Waals surface area (Å²) in [6, 6.07) is -0.843. The quantitative estimate of drug-likeness (QED) is 0.718. The smallest absolute Gasteiger partial charge is 0.327 e. The Morgan fingerprint density at radius 3 is 2.87 bits per heavy atom. The number of hydrogen-bond acceptors (Lipinski definition) is 4. The van der Waals surface area contributed by atoms with Crippen molar-refractivity contribution in [3.63, 3.8) is 0 Å². The van der Waals surface area contributed by atoms with Gasteiger partial charge in [-0.3, -0.25) is 4.79 Å². The standard InChI is InChI=1S/C9H16N2O3S/c1-2-6(10)3-8(12)11-5-15-4-7(11)9(13)14/h6-7H,2-5,10H2,1H3,(H,13,14)/t6?,7-/m0/s1. The number of hydrogen-bond donors (Lipinski definition) is 2. The van der Waals surface area contributed by atoms with Gasteiger partial charge in [0, 0.05) is 18.2 Å². The van der Waals surface area contributed by atoms with Crippen LogP contribution in [-0.2, 0) is 9.59 Å². The lowest BCUT2D eigenvalue weighted by Gasteiger charge is -2.21. The van der Waals surface area contributed by atoms with Gasteiger partial charge in [-0.15, -0.1) is 11.8 Å². The van der Waals surface area contributed by atoms with E-state index in [9.17, 15) is 9.59 Å². The molecule has 1 saturated heterocycles. The van der Waals surface area contributed by atoms with Crippen LogP contribution in [-0.4, -0.2) is 45.6 Å². The van der Waals surface area contributed by atoms with E-state index in [2.05, 4.69) is 0 Å². The van der Waals surface area contributed by atoms with Gasteiger partial charge < -0.3 is 15.7 Å². The van der Waals surface area contributed by atoms with Crippen LogP contribution in [0.2, 0.25) is 0 Å². The van der Waals surface area contributed by atoms with Crippen LogP contribution in [0.5, 0.6) is 0 Å². The van der Waals surface area contributed by atoms with Crippen LogP contribution in [0.25, 0.3) is 0 Å². The summed E-state index contributed by atoms with van der Waals surface area (Å²) < 4.78 is 0. The number of carbonyl (C=O) groups excluding carboxylic acids is 1. The van der Waals surface area contributed by atoms with E-state index in [0.717, 1.165) is 6.42 Å². The van der Waals surface area contributed by atoms with E-state index >= 15 is 0 Å². The first kappa shape index (κ1) is 12.3. The van der Waals surface area contributed by atoms with Gasteiger partial charge in [-0.2, -0.15) is 0 Å². The summed E-state index contributed by atoms with van der Waals surface area (Å²) in [5, 5.41) is 8.89. The normalized spacial score (nSPS) is 22.8. The Morgan fingerprint density at radius 2 is 2.33 bits per heavy atom. The van der Waals surface area contributed by atoms with E-state index < -0.39 is 12.0 Å². The molecule has 1 rings (SSSR count). The first-order chi connectivity index (χ1) is 7.06. The SMILES string of the molecule is CCC(N)CC(=O)N1CSC[C@H]1C(=O)O. The summed E-state index contributed by atoms with van der Waals surface area (Å²) in [4.78, 5) is 23.9. The number of nitrogens with zero attached hydrogens (tertiary/aromatic N) is 1. The molecule has 1 fully saturated rings. The van der Waals surface area contributed by atoms with E-state index in [1.54, 1.807) is 0 Å². The van der Waals surface area contributed by atoms with Crippen molar-refractivity contribution < 1.29 is 14.7 Å². The molecule has 1 amide bonds. The minimum absolute atomic E-state index is 0.151. The van der Waals surface area contributed by atoms with Crippen LogP contribution in [0, 0.1) is 0 Å². The Morgan fingerprint density at radius 1 is 1.67 bits per heavy atom. The van der Waals surface area contributed by atoms with Gasteiger partial charge in [0.1, 0.15) is 6.04 Å². The van der Waals surface area contributed by atoms with Gasteiger partial charge in [0.2, 0.25) is 5.91 Å². The second-order valence-electron chi connectivity index (χ2n) is 3.59. The predicted octanol–water partition coefficient (Wildman–Crippen LogP) is 0.0999. The van der Waals surface area contributed by atoms with E-state index in [1.807, 2.05) is 6.92 Å². The molecular formula is C9H16N2O3S. The van der Waals surface area contributed by atoms with Crippen molar-refractivity contribution in [2.24, 2.45) is 5.73 Å². The van der Waals surface area contributed by atoms with Crippen molar-refractivity contribution in [2.45, 2.75) is 31.8 Å². The van der Waals surface area contributed by atoms with Crippen LogP contribution in [0.15, 0.2) is 0 Å². The van der Waals surface area contributed by atoms with Crippen LogP contribution in [0.4, 0.5) is 0 Å². The number of rotatable bonds is 4. The zero-order valence-electron chi connectivity index (χ0n) is 8.68. The molecule has 15 heavy (non-hydrogen) atoms. The molecule has 0 aromatic carbocycles. The first-order valence-corrected chi connectivity index (χ1v) is 6.07. The van der Waals surface area contributed by atoms with Gasteiger partial charge in [-0.05, 0) is 6.42 Å². The van der Waals surface area contributed by atoms with E-state index in [0.29, 0.717) is 11.6 Å².